The van der Waals surface area contributed by atoms with E-state index in [0.717, 1.165) is 13.2 Å². The largest absolute Gasteiger partial charge is 0.493 e. The molecule has 1 rings (SSSR count). The van der Waals surface area contributed by atoms with Gasteiger partial charge in [0.15, 0.2) is 11.6 Å². The highest BCUT2D eigenvalue weighted by molar-refractivity contribution is 5.92. The zero-order chi connectivity index (χ0) is 10.9. The van der Waals surface area contributed by atoms with E-state index in [0.29, 0.717) is 0 Å². The van der Waals surface area contributed by atoms with Crippen molar-refractivity contribution in [3.05, 3.63) is 23.3 Å². The van der Waals surface area contributed by atoms with E-state index in [1.165, 1.54) is 0 Å². The zero-order valence-electron chi connectivity index (χ0n) is 7.17. The Labute approximate surface area is 77.9 Å². The predicted molar refractivity (Wildman–Crippen MR) is 44.3 cm³/mol. The van der Waals surface area contributed by atoms with E-state index < -0.39 is 34.6 Å². The number of halogens is 2. The Hall–Kier alpha value is -1.85. The third kappa shape index (κ3) is 1.46. The molecule has 1 aromatic carbocycles. The molecular weight excluding hydrogens is 196 g/mol. The maximum absolute atomic E-state index is 13.0. The number of rotatable bonds is 2. The van der Waals surface area contributed by atoms with Crippen molar-refractivity contribution in [3.63, 3.8) is 0 Å². The van der Waals surface area contributed by atoms with Crippen LogP contribution in [-0.4, -0.2) is 18.2 Å². The summed E-state index contributed by atoms with van der Waals surface area (Å²) in [6.45, 7) is 0. The van der Waals surface area contributed by atoms with Gasteiger partial charge in [0.05, 0.1) is 12.8 Å². The topological polar surface area (TPSA) is 72.5 Å². The number of hydrogen-bond donors (Lipinski definition) is 2. The van der Waals surface area contributed by atoms with Gasteiger partial charge >= 0.3 is 5.97 Å². The fourth-order valence-corrected chi connectivity index (χ4v) is 0.987. The Balaban J connectivity index is 3.51. The van der Waals surface area contributed by atoms with E-state index in [2.05, 4.69) is 4.74 Å². The summed E-state index contributed by atoms with van der Waals surface area (Å²) < 4.78 is 30.3. The zero-order valence-corrected chi connectivity index (χ0v) is 7.17. The van der Waals surface area contributed by atoms with Crippen LogP contribution in [0.2, 0.25) is 0 Å². The highest BCUT2D eigenvalue weighted by Crippen LogP contribution is 2.28. The van der Waals surface area contributed by atoms with Crippen molar-refractivity contribution in [2.24, 2.45) is 0 Å². The molecule has 4 nitrogen and oxygen atoms in total. The maximum atomic E-state index is 13.0. The lowest BCUT2D eigenvalue weighted by Gasteiger charge is -2.08. The first-order valence-corrected chi connectivity index (χ1v) is 3.53. The molecule has 1 aromatic rings. The van der Waals surface area contributed by atoms with Gasteiger partial charge in [-0.2, -0.15) is 4.39 Å². The molecule has 76 valence electrons. The molecule has 0 bridgehead atoms. The number of carbonyl (C=O) groups is 1. The number of carboxylic acids is 1. The summed E-state index contributed by atoms with van der Waals surface area (Å²) >= 11 is 0. The first-order valence-electron chi connectivity index (χ1n) is 3.53. The first-order chi connectivity index (χ1) is 6.49. The van der Waals surface area contributed by atoms with Gasteiger partial charge in [0.1, 0.15) is 5.56 Å². The summed E-state index contributed by atoms with van der Waals surface area (Å²) in [4.78, 5) is 10.6. The highest BCUT2D eigenvalue weighted by Gasteiger charge is 2.21. The molecule has 0 radical (unpaired) electrons. The normalized spacial score (nSPS) is 9.93. The van der Waals surface area contributed by atoms with Gasteiger partial charge in [0.25, 0.3) is 0 Å². The second-order valence-corrected chi connectivity index (χ2v) is 2.48. The monoisotopic (exact) mass is 203 g/mol. The minimum Gasteiger partial charge on any atom is -0.493 e. The molecule has 0 aromatic heterocycles. The van der Waals surface area contributed by atoms with Gasteiger partial charge in [-0.05, 0) is 6.07 Å². The van der Waals surface area contributed by atoms with Crippen molar-refractivity contribution < 1.29 is 23.4 Å². The van der Waals surface area contributed by atoms with E-state index in [1.54, 1.807) is 0 Å². The number of ether oxygens (including phenoxy) is 1. The number of hydrogen-bond acceptors (Lipinski definition) is 3. The Morgan fingerprint density at radius 1 is 1.50 bits per heavy atom. The summed E-state index contributed by atoms with van der Waals surface area (Å²) in [5, 5.41) is 8.61. The maximum Gasteiger partial charge on any atom is 0.339 e. The van der Waals surface area contributed by atoms with Crippen LogP contribution >= 0.6 is 0 Å². The van der Waals surface area contributed by atoms with Crippen LogP contribution in [0.25, 0.3) is 0 Å². The molecule has 0 fully saturated rings. The van der Waals surface area contributed by atoms with E-state index in [1.807, 2.05) is 0 Å². The Kier molecular flexibility index (Phi) is 2.55. The third-order valence-corrected chi connectivity index (χ3v) is 1.62. The number of methoxy groups -OCH3 is 1. The van der Waals surface area contributed by atoms with Crippen LogP contribution in [0.5, 0.6) is 5.75 Å². The fraction of sp³-hybridized carbons (Fsp3) is 0.125. The molecule has 6 heteroatoms. The van der Waals surface area contributed by atoms with Crippen LogP contribution in [0.4, 0.5) is 14.5 Å². The predicted octanol–water partition coefficient (Wildman–Crippen LogP) is 1.25. The molecule has 0 heterocycles. The minimum absolute atomic E-state index is 0.510. The average molecular weight is 203 g/mol. The third-order valence-electron chi connectivity index (χ3n) is 1.62. The number of carboxylic acid groups (broad SMARTS) is 1. The second-order valence-electron chi connectivity index (χ2n) is 2.48. The van der Waals surface area contributed by atoms with Crippen molar-refractivity contribution in [1.29, 1.82) is 0 Å². The molecule has 0 amide bonds. The van der Waals surface area contributed by atoms with Crippen LogP contribution in [0.1, 0.15) is 10.4 Å². The number of aromatic carboxylic acids is 1. The lowest BCUT2D eigenvalue weighted by atomic mass is 10.1. The van der Waals surface area contributed by atoms with Gasteiger partial charge in [0.2, 0.25) is 5.82 Å². The van der Waals surface area contributed by atoms with E-state index in [9.17, 15) is 13.6 Å². The Bertz CT molecular complexity index is 393. The lowest BCUT2D eigenvalue weighted by Crippen LogP contribution is -2.07. The number of nitrogen functional groups attached to an aromatic ring is 1. The van der Waals surface area contributed by atoms with Crippen molar-refractivity contribution in [3.8, 4) is 5.75 Å². The van der Waals surface area contributed by atoms with Gasteiger partial charge in [-0.1, -0.05) is 0 Å². The van der Waals surface area contributed by atoms with Gasteiger partial charge in [0, 0.05) is 0 Å². The van der Waals surface area contributed by atoms with Gasteiger partial charge in [-0.3, -0.25) is 0 Å². The molecule has 0 saturated carbocycles. The highest BCUT2D eigenvalue weighted by atomic mass is 19.2. The molecule has 0 spiro atoms. The molecule has 0 atom stereocenters. The van der Waals surface area contributed by atoms with E-state index in [4.69, 9.17) is 10.8 Å². The van der Waals surface area contributed by atoms with Crippen molar-refractivity contribution >= 4 is 11.7 Å². The second kappa shape index (κ2) is 3.49. The average Bonchev–Trinajstić information content (AvgIpc) is 2.13. The lowest BCUT2D eigenvalue weighted by molar-refractivity contribution is 0.0692. The SMILES string of the molecule is COc1c(C(=O)O)cc(N)c(F)c1F. The van der Waals surface area contributed by atoms with Crippen molar-refractivity contribution in [2.75, 3.05) is 12.8 Å². The quantitative estimate of drug-likeness (QED) is 0.709. The van der Waals surface area contributed by atoms with Crippen LogP contribution in [0.15, 0.2) is 6.07 Å². The fourth-order valence-electron chi connectivity index (χ4n) is 0.987. The van der Waals surface area contributed by atoms with Crippen LogP contribution in [0.3, 0.4) is 0 Å². The molecule has 0 aliphatic carbocycles. The molecule has 0 unspecified atom stereocenters. The molecule has 14 heavy (non-hydrogen) atoms. The number of benzene rings is 1. The molecular formula is C8H7F2NO3. The molecule has 0 saturated heterocycles. The van der Waals surface area contributed by atoms with Crippen molar-refractivity contribution in [2.45, 2.75) is 0 Å². The minimum atomic E-state index is -1.44. The van der Waals surface area contributed by atoms with Gasteiger partial charge in [-0.15, -0.1) is 0 Å². The smallest absolute Gasteiger partial charge is 0.339 e. The summed E-state index contributed by atoms with van der Waals surface area (Å²) in [7, 11) is 1.04. The van der Waals surface area contributed by atoms with E-state index >= 15 is 0 Å². The Morgan fingerprint density at radius 2 is 2.07 bits per heavy atom. The van der Waals surface area contributed by atoms with E-state index in [-0.39, 0.29) is 0 Å². The summed E-state index contributed by atoms with van der Waals surface area (Å²) in [5.41, 5.74) is 3.97. The van der Waals surface area contributed by atoms with Gasteiger partial charge in [-0.25, -0.2) is 9.18 Å². The summed E-state index contributed by atoms with van der Waals surface area (Å²) in [6, 6.07) is 0.805. The first kappa shape index (κ1) is 10.2. The molecule has 0 aliphatic heterocycles. The van der Waals surface area contributed by atoms with Crippen LogP contribution < -0.4 is 10.5 Å². The van der Waals surface area contributed by atoms with Crippen molar-refractivity contribution in [1.82, 2.24) is 0 Å². The summed E-state index contributed by atoms with van der Waals surface area (Å²) in [5.74, 6) is -4.81. The van der Waals surface area contributed by atoms with Crippen LogP contribution in [-0.2, 0) is 0 Å². The van der Waals surface area contributed by atoms with Gasteiger partial charge < -0.3 is 15.6 Å². The Morgan fingerprint density at radius 3 is 2.50 bits per heavy atom. The number of anilines is 1. The standard InChI is InChI=1S/C8H7F2NO3/c1-14-7-3(8(12)13)2-4(11)5(9)6(7)10/h2H,11H2,1H3,(H,12,13). The molecule has 3 N–H and O–H groups in total. The number of nitrogens with two attached hydrogens (primary N) is 1. The summed E-state index contributed by atoms with van der Waals surface area (Å²) in [6.07, 6.45) is 0. The molecule has 0 aliphatic rings. The van der Waals surface area contributed by atoms with Crippen LogP contribution in [0, 0.1) is 11.6 Å².